The number of aryl methyl sites for hydroxylation is 1. The van der Waals surface area contributed by atoms with Crippen molar-refractivity contribution in [3.05, 3.63) is 35.7 Å². The Balaban J connectivity index is 2.48. The third-order valence-corrected chi connectivity index (χ3v) is 2.76. The second kappa shape index (κ2) is 5.05. The first kappa shape index (κ1) is 12.4. The Kier molecular flexibility index (Phi) is 3.47. The van der Waals surface area contributed by atoms with Crippen LogP contribution in [-0.2, 0) is 7.05 Å². The molecule has 6 nitrogen and oxygen atoms in total. The molecule has 2 rings (SSSR count). The van der Waals surface area contributed by atoms with E-state index < -0.39 is 6.10 Å². The summed E-state index contributed by atoms with van der Waals surface area (Å²) in [5, 5.41) is 17.9. The van der Waals surface area contributed by atoms with Gasteiger partial charge in [0.15, 0.2) is 11.5 Å². The molecule has 1 unspecified atom stereocenters. The smallest absolute Gasteiger partial charge is 0.166 e. The monoisotopic (exact) mass is 249 g/mol. The summed E-state index contributed by atoms with van der Waals surface area (Å²) in [6, 6.07) is 5.35. The molecular weight excluding hydrogens is 234 g/mol. The van der Waals surface area contributed by atoms with Crippen LogP contribution in [0.2, 0.25) is 0 Å². The van der Waals surface area contributed by atoms with Gasteiger partial charge in [-0.25, -0.2) is 4.68 Å². The second-order valence-corrected chi connectivity index (χ2v) is 3.77. The van der Waals surface area contributed by atoms with E-state index in [0.29, 0.717) is 22.8 Å². The van der Waals surface area contributed by atoms with Gasteiger partial charge in [-0.2, -0.15) is 0 Å². The van der Waals surface area contributed by atoms with Crippen LogP contribution < -0.4 is 9.47 Å². The molecule has 0 aliphatic rings. The number of hydrogen-bond acceptors (Lipinski definition) is 5. The fourth-order valence-corrected chi connectivity index (χ4v) is 1.83. The minimum Gasteiger partial charge on any atom is -0.493 e. The van der Waals surface area contributed by atoms with Crippen molar-refractivity contribution in [2.45, 2.75) is 6.10 Å². The fraction of sp³-hybridized carbons (Fsp3) is 0.333. The van der Waals surface area contributed by atoms with Crippen LogP contribution in [0.1, 0.15) is 17.4 Å². The van der Waals surface area contributed by atoms with E-state index >= 15 is 0 Å². The second-order valence-electron chi connectivity index (χ2n) is 3.77. The first-order chi connectivity index (χ1) is 8.69. The van der Waals surface area contributed by atoms with E-state index in [-0.39, 0.29) is 0 Å². The van der Waals surface area contributed by atoms with Gasteiger partial charge in [0, 0.05) is 12.6 Å². The predicted octanol–water partition coefficient (Wildman–Crippen LogP) is 0.914. The molecule has 0 fully saturated rings. The summed E-state index contributed by atoms with van der Waals surface area (Å²) in [6.45, 7) is 0. The summed E-state index contributed by atoms with van der Waals surface area (Å²) in [7, 11) is 4.81. The molecule has 1 atom stereocenters. The van der Waals surface area contributed by atoms with E-state index in [2.05, 4.69) is 10.3 Å². The predicted molar refractivity (Wildman–Crippen MR) is 64.6 cm³/mol. The van der Waals surface area contributed by atoms with Gasteiger partial charge < -0.3 is 14.6 Å². The van der Waals surface area contributed by atoms with E-state index in [4.69, 9.17) is 9.47 Å². The van der Waals surface area contributed by atoms with Crippen molar-refractivity contribution in [2.75, 3.05) is 14.2 Å². The van der Waals surface area contributed by atoms with Crippen LogP contribution in [0.4, 0.5) is 0 Å². The summed E-state index contributed by atoms with van der Waals surface area (Å²) < 4.78 is 12.0. The van der Waals surface area contributed by atoms with Crippen molar-refractivity contribution in [1.82, 2.24) is 15.0 Å². The Morgan fingerprint density at radius 1 is 1.28 bits per heavy atom. The van der Waals surface area contributed by atoms with Gasteiger partial charge in [-0.05, 0) is 6.07 Å². The van der Waals surface area contributed by atoms with Gasteiger partial charge in [0.25, 0.3) is 0 Å². The number of aliphatic hydroxyl groups excluding tert-OH is 1. The molecule has 2 aromatic rings. The van der Waals surface area contributed by atoms with E-state index in [1.54, 1.807) is 32.4 Å². The average Bonchev–Trinajstić information content (AvgIpc) is 2.83. The van der Waals surface area contributed by atoms with Gasteiger partial charge in [-0.15, -0.1) is 5.10 Å². The van der Waals surface area contributed by atoms with Crippen molar-refractivity contribution in [1.29, 1.82) is 0 Å². The molecule has 18 heavy (non-hydrogen) atoms. The molecule has 6 heteroatoms. The van der Waals surface area contributed by atoms with Crippen LogP contribution >= 0.6 is 0 Å². The lowest BCUT2D eigenvalue weighted by Gasteiger charge is -2.16. The lowest BCUT2D eigenvalue weighted by Crippen LogP contribution is -2.08. The summed E-state index contributed by atoms with van der Waals surface area (Å²) in [5.41, 5.74) is 1.20. The Labute approximate surface area is 105 Å². The number of aromatic nitrogens is 3. The van der Waals surface area contributed by atoms with Crippen LogP contribution in [0.5, 0.6) is 11.5 Å². The van der Waals surface area contributed by atoms with Crippen LogP contribution in [0.3, 0.4) is 0 Å². The maximum absolute atomic E-state index is 10.4. The Bertz CT molecular complexity index is 539. The molecule has 1 aromatic carbocycles. The Morgan fingerprint density at radius 2 is 2.06 bits per heavy atom. The van der Waals surface area contributed by atoms with Crippen molar-refractivity contribution < 1.29 is 14.6 Å². The van der Waals surface area contributed by atoms with Crippen molar-refractivity contribution >= 4 is 0 Å². The van der Waals surface area contributed by atoms with Gasteiger partial charge >= 0.3 is 0 Å². The third-order valence-electron chi connectivity index (χ3n) is 2.76. The van der Waals surface area contributed by atoms with Crippen molar-refractivity contribution in [2.24, 2.45) is 7.05 Å². The molecule has 0 aliphatic carbocycles. The molecule has 0 saturated heterocycles. The third kappa shape index (κ3) is 2.02. The molecular formula is C12H15N3O3. The average molecular weight is 249 g/mol. The summed E-state index contributed by atoms with van der Waals surface area (Å²) in [4.78, 5) is 0. The number of nitrogens with zero attached hydrogens (tertiary/aromatic N) is 3. The number of ether oxygens (including phenoxy) is 2. The van der Waals surface area contributed by atoms with Gasteiger partial charge in [-0.3, -0.25) is 0 Å². The maximum Gasteiger partial charge on any atom is 0.166 e. The Morgan fingerprint density at radius 3 is 2.61 bits per heavy atom. The zero-order chi connectivity index (χ0) is 13.1. The lowest BCUT2D eigenvalue weighted by atomic mass is 10.1. The number of para-hydroxylation sites is 1. The van der Waals surface area contributed by atoms with Gasteiger partial charge in [0.05, 0.1) is 26.1 Å². The van der Waals surface area contributed by atoms with Crippen LogP contribution in [0.15, 0.2) is 24.4 Å². The summed E-state index contributed by atoms with van der Waals surface area (Å²) in [5.74, 6) is 1.08. The van der Waals surface area contributed by atoms with Gasteiger partial charge in [0.2, 0.25) is 0 Å². The molecule has 96 valence electrons. The van der Waals surface area contributed by atoms with E-state index in [1.165, 1.54) is 18.0 Å². The minimum absolute atomic E-state index is 0.508. The molecule has 0 amide bonds. The highest BCUT2D eigenvalue weighted by molar-refractivity contribution is 5.49. The summed E-state index contributed by atoms with van der Waals surface area (Å²) in [6.07, 6.45) is 0.652. The van der Waals surface area contributed by atoms with E-state index in [1.807, 2.05) is 0 Å². The normalized spacial score (nSPS) is 12.2. The molecule has 0 saturated carbocycles. The highest BCUT2D eigenvalue weighted by Crippen LogP contribution is 2.36. The Hall–Kier alpha value is -2.08. The molecule has 1 N–H and O–H groups in total. The maximum atomic E-state index is 10.4. The topological polar surface area (TPSA) is 69.4 Å². The SMILES string of the molecule is COc1cccc(C(O)c2cnnn2C)c1OC. The molecule has 0 bridgehead atoms. The lowest BCUT2D eigenvalue weighted by molar-refractivity contribution is 0.203. The standard InChI is InChI=1S/C12H15N3O3/c1-15-9(7-13-14-15)11(16)8-5-4-6-10(17-2)12(8)18-3/h4-7,11,16H,1-3H3. The van der Waals surface area contributed by atoms with E-state index in [0.717, 1.165) is 0 Å². The molecule has 0 aliphatic heterocycles. The molecule has 1 aromatic heterocycles. The molecule has 0 radical (unpaired) electrons. The first-order valence-electron chi connectivity index (χ1n) is 5.42. The molecule has 0 spiro atoms. The van der Waals surface area contributed by atoms with E-state index in [9.17, 15) is 5.11 Å². The zero-order valence-electron chi connectivity index (χ0n) is 10.5. The van der Waals surface area contributed by atoms with Crippen molar-refractivity contribution in [3.63, 3.8) is 0 Å². The quantitative estimate of drug-likeness (QED) is 0.872. The number of rotatable bonds is 4. The van der Waals surface area contributed by atoms with Crippen LogP contribution in [-0.4, -0.2) is 34.3 Å². The number of aliphatic hydroxyl groups is 1. The highest BCUT2D eigenvalue weighted by Gasteiger charge is 2.21. The van der Waals surface area contributed by atoms with Crippen LogP contribution in [0, 0.1) is 0 Å². The van der Waals surface area contributed by atoms with Gasteiger partial charge in [-0.1, -0.05) is 17.3 Å². The van der Waals surface area contributed by atoms with Crippen LogP contribution in [0.25, 0.3) is 0 Å². The first-order valence-corrected chi connectivity index (χ1v) is 5.42. The molecule has 1 heterocycles. The fourth-order valence-electron chi connectivity index (χ4n) is 1.83. The zero-order valence-corrected chi connectivity index (χ0v) is 10.5. The minimum atomic E-state index is -0.866. The largest absolute Gasteiger partial charge is 0.493 e. The number of methoxy groups -OCH3 is 2. The highest BCUT2D eigenvalue weighted by atomic mass is 16.5. The number of benzene rings is 1. The summed E-state index contributed by atoms with van der Waals surface area (Å²) >= 11 is 0. The van der Waals surface area contributed by atoms with Crippen molar-refractivity contribution in [3.8, 4) is 11.5 Å². The number of hydrogen-bond donors (Lipinski definition) is 1. The van der Waals surface area contributed by atoms with Gasteiger partial charge in [0.1, 0.15) is 6.10 Å².